The van der Waals surface area contributed by atoms with E-state index in [1.165, 1.54) is 21.5 Å². The zero-order valence-corrected chi connectivity index (χ0v) is 11.6. The van der Waals surface area contributed by atoms with Gasteiger partial charge in [0.05, 0.1) is 10.6 Å². The third kappa shape index (κ3) is 2.33. The number of carboxylic acids is 1. The maximum Gasteiger partial charge on any atom is 0.313 e. The van der Waals surface area contributed by atoms with Crippen LogP contribution in [0.3, 0.4) is 0 Å². The Kier molecular flexibility index (Phi) is 3.19. The molecule has 0 amide bonds. The number of thiophene rings is 1. The summed E-state index contributed by atoms with van der Waals surface area (Å²) in [6.45, 7) is 0. The summed E-state index contributed by atoms with van der Waals surface area (Å²) < 4.78 is 1.37. The third-order valence-corrected chi connectivity index (χ3v) is 5.12. The van der Waals surface area contributed by atoms with E-state index in [2.05, 4.69) is 16.3 Å². The lowest BCUT2D eigenvalue weighted by molar-refractivity contribution is -0.133. The number of rotatable bonds is 4. The minimum Gasteiger partial charge on any atom is -0.481 e. The van der Waals surface area contributed by atoms with Gasteiger partial charge in [0, 0.05) is 4.88 Å². The Hall–Kier alpha value is -1.54. The molecule has 2 aromatic heterocycles. The van der Waals surface area contributed by atoms with Crippen molar-refractivity contribution < 1.29 is 9.90 Å². The van der Waals surface area contributed by atoms with Crippen LogP contribution in [0.5, 0.6) is 0 Å². The molecule has 0 radical (unpaired) electrons. The normalized spacial score (nSPS) is 13.7. The van der Waals surface area contributed by atoms with E-state index in [9.17, 15) is 4.79 Å². The molecule has 0 atom stereocenters. The van der Waals surface area contributed by atoms with Gasteiger partial charge in [-0.3, -0.25) is 4.79 Å². The van der Waals surface area contributed by atoms with E-state index in [0.717, 1.165) is 29.5 Å². The summed E-state index contributed by atoms with van der Waals surface area (Å²) in [4.78, 5) is 12.9. The van der Waals surface area contributed by atoms with Gasteiger partial charge in [-0.25, -0.2) is 4.68 Å². The minimum atomic E-state index is -0.898. The fourth-order valence-electron chi connectivity index (χ4n) is 2.11. The SMILES string of the molecule is Nn1c(SCC(=O)O)nnc1-c1cc2c(s1)CCC2. The molecule has 100 valence electrons. The number of hydrogen-bond donors (Lipinski definition) is 2. The van der Waals surface area contributed by atoms with E-state index in [0.29, 0.717) is 11.0 Å². The van der Waals surface area contributed by atoms with Crippen LogP contribution in [0.1, 0.15) is 16.9 Å². The molecule has 0 spiro atoms. The van der Waals surface area contributed by atoms with Gasteiger partial charge in [-0.05, 0) is 30.9 Å². The second kappa shape index (κ2) is 4.86. The molecule has 0 fully saturated rings. The monoisotopic (exact) mass is 296 g/mol. The Balaban J connectivity index is 1.86. The molecule has 6 nitrogen and oxygen atoms in total. The van der Waals surface area contributed by atoms with Crippen molar-refractivity contribution in [2.75, 3.05) is 11.6 Å². The molecule has 0 saturated heterocycles. The van der Waals surface area contributed by atoms with Crippen molar-refractivity contribution in [3.05, 3.63) is 16.5 Å². The van der Waals surface area contributed by atoms with Gasteiger partial charge in [-0.15, -0.1) is 21.5 Å². The first kappa shape index (κ1) is 12.5. The molecule has 0 aromatic carbocycles. The summed E-state index contributed by atoms with van der Waals surface area (Å²) in [7, 11) is 0. The average molecular weight is 296 g/mol. The molecular formula is C11H12N4O2S2. The number of carbonyl (C=O) groups is 1. The largest absolute Gasteiger partial charge is 0.481 e. The number of nitrogens with zero attached hydrogens (tertiary/aromatic N) is 3. The van der Waals surface area contributed by atoms with Crippen LogP contribution >= 0.6 is 23.1 Å². The van der Waals surface area contributed by atoms with Gasteiger partial charge in [-0.2, -0.15) is 0 Å². The Bertz CT molecular complexity index is 613. The Morgan fingerprint density at radius 3 is 3.11 bits per heavy atom. The molecule has 0 aliphatic heterocycles. The van der Waals surface area contributed by atoms with E-state index in [4.69, 9.17) is 10.9 Å². The van der Waals surface area contributed by atoms with Crippen molar-refractivity contribution in [3.8, 4) is 10.7 Å². The lowest BCUT2D eigenvalue weighted by Crippen LogP contribution is -2.12. The minimum absolute atomic E-state index is 0.0731. The summed E-state index contributed by atoms with van der Waals surface area (Å²) in [6.07, 6.45) is 3.46. The Labute approximate surface area is 117 Å². The van der Waals surface area contributed by atoms with Crippen molar-refractivity contribution in [2.24, 2.45) is 0 Å². The first-order chi connectivity index (χ1) is 9.15. The predicted octanol–water partition coefficient (Wildman–Crippen LogP) is 1.39. The van der Waals surface area contributed by atoms with E-state index < -0.39 is 5.97 Å². The van der Waals surface area contributed by atoms with E-state index in [1.807, 2.05) is 0 Å². The van der Waals surface area contributed by atoms with Gasteiger partial charge < -0.3 is 10.9 Å². The molecule has 0 unspecified atom stereocenters. The quantitative estimate of drug-likeness (QED) is 0.654. The molecule has 0 bridgehead atoms. The van der Waals surface area contributed by atoms with Crippen LogP contribution in [0.25, 0.3) is 10.7 Å². The van der Waals surface area contributed by atoms with Gasteiger partial charge >= 0.3 is 5.97 Å². The molecule has 1 aliphatic carbocycles. The standard InChI is InChI=1S/C11H12N4O2S2/c12-15-10(13-14-11(15)18-5-9(16)17)8-4-6-2-1-3-7(6)19-8/h4H,1-3,5,12H2,(H,16,17). The zero-order chi connectivity index (χ0) is 13.4. The van der Waals surface area contributed by atoms with Crippen LogP contribution in [0.15, 0.2) is 11.2 Å². The number of nitrogens with two attached hydrogens (primary N) is 1. The second-order valence-electron chi connectivity index (χ2n) is 4.27. The number of aromatic nitrogens is 3. The van der Waals surface area contributed by atoms with Crippen molar-refractivity contribution in [1.29, 1.82) is 0 Å². The van der Waals surface area contributed by atoms with Gasteiger partial charge in [0.1, 0.15) is 0 Å². The molecule has 1 aliphatic rings. The molecule has 3 N–H and O–H groups in total. The molecular weight excluding hydrogens is 284 g/mol. The topological polar surface area (TPSA) is 94.0 Å². The van der Waals surface area contributed by atoms with Gasteiger partial charge in [0.2, 0.25) is 5.16 Å². The highest BCUT2D eigenvalue weighted by Crippen LogP contribution is 2.36. The van der Waals surface area contributed by atoms with E-state index in [-0.39, 0.29) is 5.75 Å². The number of aryl methyl sites for hydroxylation is 2. The fourth-order valence-corrected chi connectivity index (χ4v) is 3.92. The Morgan fingerprint density at radius 2 is 2.37 bits per heavy atom. The first-order valence-corrected chi connectivity index (χ1v) is 7.62. The average Bonchev–Trinajstić information content (AvgIpc) is 2.99. The van der Waals surface area contributed by atoms with Gasteiger partial charge in [0.15, 0.2) is 5.82 Å². The molecule has 0 saturated carbocycles. The molecule has 19 heavy (non-hydrogen) atoms. The fraction of sp³-hybridized carbons (Fsp3) is 0.364. The van der Waals surface area contributed by atoms with Crippen LogP contribution in [0.4, 0.5) is 0 Å². The highest BCUT2D eigenvalue weighted by atomic mass is 32.2. The highest BCUT2D eigenvalue weighted by molar-refractivity contribution is 7.99. The number of fused-ring (bicyclic) bond motifs is 1. The van der Waals surface area contributed by atoms with E-state index >= 15 is 0 Å². The number of carboxylic acid groups (broad SMARTS) is 1. The van der Waals surface area contributed by atoms with Gasteiger partial charge in [-0.1, -0.05) is 11.8 Å². The van der Waals surface area contributed by atoms with Crippen molar-refractivity contribution in [1.82, 2.24) is 14.9 Å². The Morgan fingerprint density at radius 1 is 1.53 bits per heavy atom. The van der Waals surface area contributed by atoms with Crippen molar-refractivity contribution in [2.45, 2.75) is 24.4 Å². The summed E-state index contributed by atoms with van der Waals surface area (Å²) in [5.74, 6) is 5.56. The number of aliphatic carboxylic acids is 1. The highest BCUT2D eigenvalue weighted by Gasteiger charge is 2.20. The van der Waals surface area contributed by atoms with Crippen LogP contribution in [-0.2, 0) is 17.6 Å². The number of hydrogen-bond acceptors (Lipinski definition) is 6. The number of nitrogen functional groups attached to an aromatic ring is 1. The molecule has 3 rings (SSSR count). The van der Waals surface area contributed by atoms with Crippen molar-refractivity contribution >= 4 is 29.1 Å². The van der Waals surface area contributed by atoms with Crippen LogP contribution in [-0.4, -0.2) is 31.7 Å². The summed E-state index contributed by atoms with van der Waals surface area (Å²) >= 11 is 2.77. The summed E-state index contributed by atoms with van der Waals surface area (Å²) in [5.41, 5.74) is 1.38. The maximum atomic E-state index is 10.5. The first-order valence-electron chi connectivity index (χ1n) is 5.82. The smallest absolute Gasteiger partial charge is 0.313 e. The van der Waals surface area contributed by atoms with Crippen molar-refractivity contribution in [3.63, 3.8) is 0 Å². The lowest BCUT2D eigenvalue weighted by Gasteiger charge is -2.00. The van der Waals surface area contributed by atoms with Crippen LogP contribution < -0.4 is 5.84 Å². The predicted molar refractivity (Wildman–Crippen MR) is 73.9 cm³/mol. The van der Waals surface area contributed by atoms with Gasteiger partial charge in [0.25, 0.3) is 0 Å². The molecule has 8 heteroatoms. The second-order valence-corrected chi connectivity index (χ2v) is 6.35. The van der Waals surface area contributed by atoms with Crippen LogP contribution in [0, 0.1) is 0 Å². The molecule has 2 aromatic rings. The third-order valence-electron chi connectivity index (χ3n) is 2.96. The van der Waals surface area contributed by atoms with Crippen LogP contribution in [0.2, 0.25) is 0 Å². The zero-order valence-electron chi connectivity index (χ0n) is 10.00. The lowest BCUT2D eigenvalue weighted by atomic mass is 10.2. The van der Waals surface area contributed by atoms with E-state index in [1.54, 1.807) is 11.3 Å². The summed E-state index contributed by atoms with van der Waals surface area (Å²) in [5, 5.41) is 17.1. The maximum absolute atomic E-state index is 10.5. The molecule has 2 heterocycles. The summed E-state index contributed by atoms with van der Waals surface area (Å²) in [6, 6.07) is 2.12. The number of thioether (sulfide) groups is 1.